The van der Waals surface area contributed by atoms with Crippen LogP contribution >= 0.6 is 0 Å². The first-order valence-corrected chi connectivity index (χ1v) is 8.66. The number of urea groups is 1. The number of hydrogen-bond donors (Lipinski definition) is 3. The smallest absolute Gasteiger partial charge is 0.335 e. The molecular formula is C20H22N2O4. The van der Waals surface area contributed by atoms with Crippen molar-refractivity contribution >= 4 is 12.0 Å². The van der Waals surface area contributed by atoms with Crippen molar-refractivity contribution in [3.63, 3.8) is 0 Å². The van der Waals surface area contributed by atoms with Crippen LogP contribution in [0.3, 0.4) is 0 Å². The highest BCUT2D eigenvalue weighted by Gasteiger charge is 2.26. The molecule has 2 aromatic carbocycles. The maximum atomic E-state index is 11.9. The lowest BCUT2D eigenvalue weighted by Gasteiger charge is -2.15. The first kappa shape index (κ1) is 17.9. The van der Waals surface area contributed by atoms with Crippen LogP contribution in [0.2, 0.25) is 0 Å². The van der Waals surface area contributed by atoms with Gasteiger partial charge >= 0.3 is 12.0 Å². The molecule has 1 fully saturated rings. The highest BCUT2D eigenvalue weighted by atomic mass is 16.5. The Morgan fingerprint density at radius 1 is 1.00 bits per heavy atom. The number of aromatic carboxylic acids is 1. The topological polar surface area (TPSA) is 87.7 Å². The summed E-state index contributed by atoms with van der Waals surface area (Å²) >= 11 is 0. The lowest BCUT2D eigenvalue weighted by molar-refractivity contribution is 0.0462. The van der Waals surface area contributed by atoms with E-state index in [0.29, 0.717) is 13.1 Å². The summed E-state index contributed by atoms with van der Waals surface area (Å²) in [7, 11) is 0. The summed E-state index contributed by atoms with van der Waals surface area (Å²) in [5, 5.41) is 14.5. The van der Waals surface area contributed by atoms with Crippen molar-refractivity contribution in [2.45, 2.75) is 31.6 Å². The Kier molecular flexibility index (Phi) is 5.86. The molecule has 0 aromatic heterocycles. The van der Waals surface area contributed by atoms with Crippen molar-refractivity contribution in [2.24, 2.45) is 0 Å². The second-order valence-corrected chi connectivity index (χ2v) is 6.30. The van der Waals surface area contributed by atoms with Crippen molar-refractivity contribution in [3.05, 3.63) is 71.3 Å². The standard InChI is InChI=1S/C20H22N2O4/c23-19(24)16-8-6-14(7-9-16)12-21-20(25)22-13-17-10-11-18(26-17)15-4-2-1-3-5-15/h1-9,17-18H,10-13H2,(H,23,24)(H2,21,22,25)/t17-,18+/m1/s1. The zero-order valence-electron chi connectivity index (χ0n) is 14.4. The third-order valence-corrected chi connectivity index (χ3v) is 4.42. The summed E-state index contributed by atoms with van der Waals surface area (Å²) in [6.07, 6.45) is 1.98. The fourth-order valence-corrected chi connectivity index (χ4v) is 2.99. The molecule has 0 aliphatic carbocycles. The van der Waals surface area contributed by atoms with Crippen molar-refractivity contribution in [1.29, 1.82) is 0 Å². The van der Waals surface area contributed by atoms with Crippen molar-refractivity contribution < 1.29 is 19.4 Å². The summed E-state index contributed by atoms with van der Waals surface area (Å²) in [6.45, 7) is 0.803. The number of amides is 2. The molecule has 1 saturated heterocycles. The van der Waals surface area contributed by atoms with Crippen LogP contribution in [0.25, 0.3) is 0 Å². The number of benzene rings is 2. The second-order valence-electron chi connectivity index (χ2n) is 6.30. The molecule has 2 aromatic rings. The number of nitrogens with one attached hydrogen (secondary N) is 2. The van der Waals surface area contributed by atoms with Gasteiger partial charge in [-0.1, -0.05) is 42.5 Å². The molecule has 6 nitrogen and oxygen atoms in total. The molecule has 136 valence electrons. The highest BCUT2D eigenvalue weighted by Crippen LogP contribution is 2.32. The molecule has 3 N–H and O–H groups in total. The minimum atomic E-state index is -0.965. The lowest BCUT2D eigenvalue weighted by Crippen LogP contribution is -2.39. The van der Waals surface area contributed by atoms with Crippen LogP contribution in [0.5, 0.6) is 0 Å². The van der Waals surface area contributed by atoms with Crippen LogP contribution < -0.4 is 10.6 Å². The van der Waals surface area contributed by atoms with Gasteiger partial charge in [-0.15, -0.1) is 0 Å². The van der Waals surface area contributed by atoms with Gasteiger partial charge in [0.05, 0.1) is 17.8 Å². The summed E-state index contributed by atoms with van der Waals surface area (Å²) in [5.41, 5.74) is 2.24. The zero-order chi connectivity index (χ0) is 18.4. The van der Waals surface area contributed by atoms with Gasteiger partial charge in [0.2, 0.25) is 0 Å². The Hall–Kier alpha value is -2.86. The van der Waals surface area contributed by atoms with Crippen LogP contribution in [0.15, 0.2) is 54.6 Å². The lowest BCUT2D eigenvalue weighted by atomic mass is 10.1. The number of rotatable bonds is 6. The minimum Gasteiger partial charge on any atom is -0.478 e. The molecule has 1 aliphatic heterocycles. The molecule has 26 heavy (non-hydrogen) atoms. The Balaban J connectivity index is 1.38. The number of carboxylic acid groups (broad SMARTS) is 1. The van der Waals surface area contributed by atoms with Gasteiger partial charge in [-0.05, 0) is 36.1 Å². The molecule has 1 heterocycles. The number of carbonyl (C=O) groups is 2. The van der Waals surface area contributed by atoms with Crippen molar-refractivity contribution in [3.8, 4) is 0 Å². The maximum Gasteiger partial charge on any atom is 0.335 e. The molecule has 0 bridgehead atoms. The van der Waals surface area contributed by atoms with Crippen LogP contribution in [-0.2, 0) is 11.3 Å². The normalized spacial score (nSPS) is 19.1. The van der Waals surface area contributed by atoms with Crippen LogP contribution in [-0.4, -0.2) is 29.8 Å². The largest absolute Gasteiger partial charge is 0.478 e. The molecule has 2 amide bonds. The summed E-state index contributed by atoms with van der Waals surface area (Å²) < 4.78 is 6.00. The van der Waals surface area contributed by atoms with E-state index in [1.807, 2.05) is 18.2 Å². The van der Waals surface area contributed by atoms with Crippen molar-refractivity contribution in [2.75, 3.05) is 6.54 Å². The van der Waals surface area contributed by atoms with E-state index in [4.69, 9.17) is 9.84 Å². The highest BCUT2D eigenvalue weighted by molar-refractivity contribution is 5.87. The van der Waals surface area contributed by atoms with Gasteiger partial charge in [0.15, 0.2) is 0 Å². The van der Waals surface area contributed by atoms with E-state index < -0.39 is 5.97 Å². The summed E-state index contributed by atoms with van der Waals surface area (Å²) in [6, 6.07) is 16.3. The van der Waals surface area contributed by atoms with E-state index in [2.05, 4.69) is 22.8 Å². The molecule has 0 radical (unpaired) electrons. The van der Waals surface area contributed by atoms with Gasteiger partial charge in [-0.2, -0.15) is 0 Å². The van der Waals surface area contributed by atoms with Gasteiger partial charge in [-0.25, -0.2) is 9.59 Å². The van der Waals surface area contributed by atoms with Crippen LogP contribution in [0, 0.1) is 0 Å². The molecule has 0 spiro atoms. The fourth-order valence-electron chi connectivity index (χ4n) is 2.99. The molecule has 1 aliphatic rings. The first-order chi connectivity index (χ1) is 12.6. The van der Waals surface area contributed by atoms with E-state index in [9.17, 15) is 9.59 Å². The number of hydrogen-bond acceptors (Lipinski definition) is 3. The van der Waals surface area contributed by atoms with E-state index >= 15 is 0 Å². The Morgan fingerprint density at radius 3 is 2.42 bits per heavy atom. The van der Waals surface area contributed by atoms with Crippen molar-refractivity contribution in [1.82, 2.24) is 10.6 Å². The number of carbonyl (C=O) groups excluding carboxylic acids is 1. The van der Waals surface area contributed by atoms with Gasteiger partial charge < -0.3 is 20.5 Å². The maximum absolute atomic E-state index is 11.9. The summed E-state index contributed by atoms with van der Waals surface area (Å²) in [5.74, 6) is -0.965. The average molecular weight is 354 g/mol. The number of carboxylic acids is 1. The Labute approximate surface area is 152 Å². The summed E-state index contributed by atoms with van der Waals surface area (Å²) in [4.78, 5) is 22.7. The van der Waals surface area contributed by atoms with E-state index in [1.54, 1.807) is 12.1 Å². The van der Waals surface area contributed by atoms with E-state index in [-0.39, 0.29) is 23.8 Å². The SMILES string of the molecule is O=C(NCc1ccc(C(=O)O)cc1)NC[C@H]1CC[C@@H](c2ccccc2)O1. The molecule has 0 unspecified atom stereocenters. The molecule has 0 saturated carbocycles. The van der Waals surface area contributed by atoms with Gasteiger partial charge in [0, 0.05) is 13.1 Å². The average Bonchev–Trinajstić information content (AvgIpc) is 3.15. The van der Waals surface area contributed by atoms with Gasteiger partial charge in [0.25, 0.3) is 0 Å². The van der Waals surface area contributed by atoms with E-state index in [0.717, 1.165) is 18.4 Å². The molecular weight excluding hydrogens is 332 g/mol. The third-order valence-electron chi connectivity index (χ3n) is 4.42. The van der Waals surface area contributed by atoms with E-state index in [1.165, 1.54) is 17.7 Å². The Bertz CT molecular complexity index is 746. The quantitative estimate of drug-likeness (QED) is 0.744. The Morgan fingerprint density at radius 2 is 1.73 bits per heavy atom. The van der Waals surface area contributed by atoms with Crippen LogP contribution in [0.4, 0.5) is 4.79 Å². The predicted molar refractivity (Wildman–Crippen MR) is 96.9 cm³/mol. The molecule has 6 heteroatoms. The fraction of sp³-hybridized carbons (Fsp3) is 0.300. The monoisotopic (exact) mass is 354 g/mol. The minimum absolute atomic E-state index is 0.0146. The first-order valence-electron chi connectivity index (χ1n) is 8.66. The molecule has 3 rings (SSSR count). The third kappa shape index (κ3) is 4.83. The zero-order valence-corrected chi connectivity index (χ0v) is 14.4. The molecule has 2 atom stereocenters. The van der Waals surface area contributed by atoms with Gasteiger partial charge in [-0.3, -0.25) is 0 Å². The van der Waals surface area contributed by atoms with Crippen LogP contribution in [0.1, 0.15) is 40.4 Å². The van der Waals surface area contributed by atoms with Gasteiger partial charge in [0.1, 0.15) is 0 Å². The second kappa shape index (κ2) is 8.49. The number of ether oxygens (including phenoxy) is 1. The predicted octanol–water partition coefficient (Wildman–Crippen LogP) is 3.10.